The van der Waals surface area contributed by atoms with Gasteiger partial charge < -0.3 is 15.4 Å². The van der Waals surface area contributed by atoms with Gasteiger partial charge in [-0.2, -0.15) is 0 Å². The fourth-order valence-corrected chi connectivity index (χ4v) is 5.62. The minimum absolute atomic E-state index is 0.237. The van der Waals surface area contributed by atoms with Crippen LogP contribution in [0.5, 0.6) is 0 Å². The number of nitrogens with two attached hydrogens (primary N) is 1. The van der Waals surface area contributed by atoms with Crippen molar-refractivity contribution in [1.29, 1.82) is 0 Å². The minimum atomic E-state index is -0.515. The number of carbonyl (C=O) groups is 2. The van der Waals surface area contributed by atoms with Crippen LogP contribution >= 0.6 is 0 Å². The SMILES string of the molecule is CC(C)(C)OC(=O)N(CCc1ccccc1)CCN1[C@@H]2CC[C@H]1CC(c1cccc(C(N)=O)c1)C2. The number of amides is 2. The molecule has 2 aromatic carbocycles. The summed E-state index contributed by atoms with van der Waals surface area (Å²) >= 11 is 0. The van der Waals surface area contributed by atoms with E-state index in [2.05, 4.69) is 23.1 Å². The molecule has 35 heavy (non-hydrogen) atoms. The van der Waals surface area contributed by atoms with E-state index >= 15 is 0 Å². The molecule has 0 spiro atoms. The molecule has 6 heteroatoms. The highest BCUT2D eigenvalue weighted by Gasteiger charge is 2.41. The van der Waals surface area contributed by atoms with Gasteiger partial charge in [-0.15, -0.1) is 0 Å². The van der Waals surface area contributed by atoms with Crippen molar-refractivity contribution in [2.45, 2.75) is 76.5 Å². The summed E-state index contributed by atoms with van der Waals surface area (Å²) in [5.74, 6) is 0.0769. The highest BCUT2D eigenvalue weighted by molar-refractivity contribution is 5.92. The number of piperidine rings is 1. The van der Waals surface area contributed by atoms with Gasteiger partial charge in [0.1, 0.15) is 5.60 Å². The van der Waals surface area contributed by atoms with Crippen molar-refractivity contribution in [2.75, 3.05) is 19.6 Å². The Morgan fingerprint density at radius 2 is 1.69 bits per heavy atom. The number of hydrogen-bond donors (Lipinski definition) is 1. The van der Waals surface area contributed by atoms with Crippen LogP contribution in [-0.4, -0.2) is 59.1 Å². The summed E-state index contributed by atoms with van der Waals surface area (Å²) in [5, 5.41) is 0. The number of benzene rings is 2. The lowest BCUT2D eigenvalue weighted by molar-refractivity contribution is 0.0206. The predicted molar refractivity (Wildman–Crippen MR) is 138 cm³/mol. The van der Waals surface area contributed by atoms with E-state index < -0.39 is 5.60 Å². The molecule has 2 aromatic rings. The molecule has 6 nitrogen and oxygen atoms in total. The van der Waals surface area contributed by atoms with Crippen molar-refractivity contribution in [2.24, 2.45) is 5.73 Å². The monoisotopic (exact) mass is 477 g/mol. The number of nitrogens with zero attached hydrogens (tertiary/aromatic N) is 2. The number of hydrogen-bond acceptors (Lipinski definition) is 4. The van der Waals surface area contributed by atoms with Crippen LogP contribution in [-0.2, 0) is 11.2 Å². The van der Waals surface area contributed by atoms with Crippen LogP contribution in [0, 0.1) is 0 Å². The summed E-state index contributed by atoms with van der Waals surface area (Å²) in [6.45, 7) is 7.91. The van der Waals surface area contributed by atoms with Gasteiger partial charge in [-0.3, -0.25) is 9.69 Å². The molecule has 0 aromatic heterocycles. The summed E-state index contributed by atoms with van der Waals surface area (Å²) in [6.07, 6.45) is 5.11. The average Bonchev–Trinajstić information content (AvgIpc) is 3.05. The molecule has 2 fully saturated rings. The first-order valence-electron chi connectivity index (χ1n) is 12.9. The van der Waals surface area contributed by atoms with Crippen molar-refractivity contribution < 1.29 is 14.3 Å². The first kappa shape index (κ1) is 25.2. The van der Waals surface area contributed by atoms with Crippen LogP contribution in [0.2, 0.25) is 0 Å². The molecule has 0 aliphatic carbocycles. The molecule has 3 atom stereocenters. The second kappa shape index (κ2) is 10.8. The Morgan fingerprint density at radius 3 is 2.31 bits per heavy atom. The van der Waals surface area contributed by atoms with E-state index in [4.69, 9.17) is 10.5 Å². The quantitative estimate of drug-likeness (QED) is 0.582. The van der Waals surface area contributed by atoms with E-state index in [0.29, 0.717) is 36.7 Å². The maximum Gasteiger partial charge on any atom is 0.410 e. The fraction of sp³-hybridized carbons (Fsp3) is 0.517. The first-order valence-corrected chi connectivity index (χ1v) is 12.9. The van der Waals surface area contributed by atoms with Gasteiger partial charge in [-0.05, 0) is 82.1 Å². The molecule has 2 heterocycles. The second-order valence-electron chi connectivity index (χ2n) is 11.0. The smallest absolute Gasteiger partial charge is 0.410 e. The lowest BCUT2D eigenvalue weighted by Gasteiger charge is -2.40. The van der Waals surface area contributed by atoms with E-state index in [1.54, 1.807) is 6.07 Å². The molecule has 0 radical (unpaired) electrons. The van der Waals surface area contributed by atoms with Crippen LogP contribution in [0.25, 0.3) is 0 Å². The third-order valence-corrected chi connectivity index (χ3v) is 7.32. The van der Waals surface area contributed by atoms with E-state index in [9.17, 15) is 9.59 Å². The van der Waals surface area contributed by atoms with Crippen LogP contribution in [0.1, 0.15) is 73.9 Å². The Hall–Kier alpha value is -2.86. The first-order chi connectivity index (χ1) is 16.7. The van der Waals surface area contributed by atoms with Crippen molar-refractivity contribution in [3.63, 3.8) is 0 Å². The predicted octanol–water partition coefficient (Wildman–Crippen LogP) is 4.98. The number of carbonyl (C=O) groups excluding carboxylic acids is 2. The van der Waals surface area contributed by atoms with Crippen LogP contribution in [0.15, 0.2) is 54.6 Å². The van der Waals surface area contributed by atoms with Gasteiger partial charge in [0.2, 0.25) is 5.91 Å². The molecule has 2 amide bonds. The standard InChI is InChI=1S/C29H39N3O3/c1-29(2,3)35-28(34)31(15-14-21-8-5-4-6-9-21)16-17-32-25-12-13-26(32)20-24(19-25)22-10-7-11-23(18-22)27(30)33/h4-11,18,24-26H,12-17,19-20H2,1-3H3,(H2,30,33)/t24?,25-,26+. The summed E-state index contributed by atoms with van der Waals surface area (Å²) in [6, 6.07) is 19.1. The van der Waals surface area contributed by atoms with Crippen LogP contribution < -0.4 is 5.73 Å². The number of ether oxygens (including phenoxy) is 1. The highest BCUT2D eigenvalue weighted by atomic mass is 16.6. The summed E-state index contributed by atoms with van der Waals surface area (Å²) in [5.41, 5.74) is 8.02. The van der Waals surface area contributed by atoms with Crippen molar-refractivity contribution in [3.05, 3.63) is 71.3 Å². The van der Waals surface area contributed by atoms with Crippen LogP contribution in [0.3, 0.4) is 0 Å². The normalized spacial score (nSPS) is 22.1. The van der Waals surface area contributed by atoms with E-state index in [1.807, 2.05) is 56.0 Å². The minimum Gasteiger partial charge on any atom is -0.444 e. The van der Waals surface area contributed by atoms with Gasteiger partial charge in [0.25, 0.3) is 0 Å². The molecule has 2 saturated heterocycles. The van der Waals surface area contributed by atoms with Crippen molar-refractivity contribution in [1.82, 2.24) is 9.80 Å². The molecule has 2 aliphatic heterocycles. The Kier molecular flexibility index (Phi) is 7.80. The lowest BCUT2D eigenvalue weighted by Crippen LogP contribution is -2.48. The van der Waals surface area contributed by atoms with E-state index in [-0.39, 0.29) is 12.0 Å². The number of fused-ring (bicyclic) bond motifs is 2. The topological polar surface area (TPSA) is 75.9 Å². The third kappa shape index (κ3) is 6.63. The summed E-state index contributed by atoms with van der Waals surface area (Å²) in [4.78, 5) is 29.1. The molecule has 0 saturated carbocycles. The van der Waals surface area contributed by atoms with Crippen LogP contribution in [0.4, 0.5) is 4.79 Å². The van der Waals surface area contributed by atoms with E-state index in [1.165, 1.54) is 24.0 Å². The zero-order chi connectivity index (χ0) is 25.0. The Bertz CT molecular complexity index is 1000. The lowest BCUT2D eigenvalue weighted by atomic mass is 9.84. The molecule has 2 aliphatic rings. The van der Waals surface area contributed by atoms with Gasteiger partial charge in [0, 0.05) is 37.3 Å². The largest absolute Gasteiger partial charge is 0.444 e. The molecule has 4 rings (SSSR count). The zero-order valence-electron chi connectivity index (χ0n) is 21.3. The summed E-state index contributed by atoms with van der Waals surface area (Å²) < 4.78 is 5.73. The molecule has 2 N–H and O–H groups in total. The van der Waals surface area contributed by atoms with Gasteiger partial charge in [0.15, 0.2) is 0 Å². The highest BCUT2D eigenvalue weighted by Crippen LogP contribution is 2.43. The molecule has 1 unspecified atom stereocenters. The summed E-state index contributed by atoms with van der Waals surface area (Å²) in [7, 11) is 0. The second-order valence-corrected chi connectivity index (χ2v) is 11.0. The third-order valence-electron chi connectivity index (χ3n) is 7.32. The number of rotatable bonds is 8. The molecular weight excluding hydrogens is 438 g/mol. The molecular formula is C29H39N3O3. The maximum atomic E-state index is 13.0. The van der Waals surface area contributed by atoms with Crippen molar-refractivity contribution in [3.8, 4) is 0 Å². The van der Waals surface area contributed by atoms with Gasteiger partial charge in [-0.1, -0.05) is 42.5 Å². The maximum absolute atomic E-state index is 13.0. The molecule has 2 bridgehead atoms. The molecule has 188 valence electrons. The van der Waals surface area contributed by atoms with Gasteiger partial charge in [-0.25, -0.2) is 4.79 Å². The Labute approximate surface area is 209 Å². The van der Waals surface area contributed by atoms with Gasteiger partial charge >= 0.3 is 6.09 Å². The number of primary amides is 1. The Morgan fingerprint density at radius 1 is 1.00 bits per heavy atom. The average molecular weight is 478 g/mol. The Balaban J connectivity index is 1.39. The van der Waals surface area contributed by atoms with E-state index in [0.717, 1.165) is 25.8 Å². The fourth-order valence-electron chi connectivity index (χ4n) is 5.62. The van der Waals surface area contributed by atoms with Crippen molar-refractivity contribution >= 4 is 12.0 Å². The zero-order valence-corrected chi connectivity index (χ0v) is 21.3. The van der Waals surface area contributed by atoms with Gasteiger partial charge in [0.05, 0.1) is 0 Å².